The van der Waals surface area contributed by atoms with Crippen LogP contribution >= 0.6 is 0 Å². The van der Waals surface area contributed by atoms with Gasteiger partial charge in [-0.15, -0.1) is 0 Å². The third kappa shape index (κ3) is 4.17. The first-order valence-corrected chi connectivity index (χ1v) is 7.01. The molecule has 1 aromatic carbocycles. The predicted molar refractivity (Wildman–Crippen MR) is 76.7 cm³/mol. The van der Waals surface area contributed by atoms with Gasteiger partial charge in [0, 0.05) is 0 Å². The standard InChI is InChI=1S/C16H20N2O2/c1-3-5-9-19-15-8-7-13(11-17)14(12-18)16(15)20-10-6-4-2/h7-8H,3-6,9-10H2,1-2H3. The molecule has 0 spiro atoms. The first-order chi connectivity index (χ1) is 9.78. The zero-order valence-corrected chi connectivity index (χ0v) is 12.1. The molecule has 4 nitrogen and oxygen atoms in total. The summed E-state index contributed by atoms with van der Waals surface area (Å²) in [7, 11) is 0. The SMILES string of the molecule is CCCCOc1ccc(C#N)c(C#N)c1OCCCC. The molecule has 0 unspecified atom stereocenters. The van der Waals surface area contributed by atoms with Gasteiger partial charge in [-0.05, 0) is 25.0 Å². The van der Waals surface area contributed by atoms with Crippen molar-refractivity contribution in [2.45, 2.75) is 39.5 Å². The summed E-state index contributed by atoms with van der Waals surface area (Å²) in [6.07, 6.45) is 3.88. The molecule has 4 heteroatoms. The number of nitriles is 2. The molecule has 0 heterocycles. The van der Waals surface area contributed by atoms with Gasteiger partial charge in [0.25, 0.3) is 0 Å². The van der Waals surface area contributed by atoms with Crippen molar-refractivity contribution in [3.63, 3.8) is 0 Å². The number of unbranched alkanes of at least 4 members (excludes halogenated alkanes) is 2. The normalized spacial score (nSPS) is 9.60. The van der Waals surface area contributed by atoms with Crippen molar-refractivity contribution in [3.8, 4) is 23.6 Å². The molecular weight excluding hydrogens is 252 g/mol. The summed E-state index contributed by atoms with van der Waals surface area (Å²) in [5.41, 5.74) is 0.583. The van der Waals surface area contributed by atoms with E-state index in [1.54, 1.807) is 12.1 Å². The fraction of sp³-hybridized carbons (Fsp3) is 0.500. The lowest BCUT2D eigenvalue weighted by Crippen LogP contribution is -2.05. The second-order valence-electron chi connectivity index (χ2n) is 4.44. The minimum absolute atomic E-state index is 0.262. The highest BCUT2D eigenvalue weighted by molar-refractivity contribution is 5.60. The summed E-state index contributed by atoms with van der Waals surface area (Å²) in [5.74, 6) is 0.946. The molecule has 0 saturated heterocycles. The molecule has 0 aliphatic carbocycles. The second kappa shape index (κ2) is 8.82. The van der Waals surface area contributed by atoms with Crippen LogP contribution in [0.1, 0.15) is 50.7 Å². The lowest BCUT2D eigenvalue weighted by Gasteiger charge is -2.14. The maximum Gasteiger partial charge on any atom is 0.180 e. The minimum atomic E-state index is 0.262. The third-order valence-corrected chi connectivity index (χ3v) is 2.85. The summed E-state index contributed by atoms with van der Waals surface area (Å²) < 4.78 is 11.3. The summed E-state index contributed by atoms with van der Waals surface area (Å²) in [4.78, 5) is 0. The number of rotatable bonds is 8. The summed E-state index contributed by atoms with van der Waals surface area (Å²) in [6, 6.07) is 7.37. The van der Waals surface area contributed by atoms with Crippen molar-refractivity contribution in [1.82, 2.24) is 0 Å². The van der Waals surface area contributed by atoms with E-state index in [0.29, 0.717) is 30.3 Å². The van der Waals surface area contributed by atoms with Crippen LogP contribution in [-0.2, 0) is 0 Å². The Morgan fingerprint density at radius 2 is 1.60 bits per heavy atom. The molecule has 20 heavy (non-hydrogen) atoms. The third-order valence-electron chi connectivity index (χ3n) is 2.85. The summed E-state index contributed by atoms with van der Waals surface area (Å²) in [5, 5.41) is 18.3. The van der Waals surface area contributed by atoms with Crippen LogP contribution in [0.2, 0.25) is 0 Å². The maximum absolute atomic E-state index is 9.25. The van der Waals surface area contributed by atoms with Gasteiger partial charge in [0.05, 0.1) is 18.8 Å². The van der Waals surface area contributed by atoms with E-state index >= 15 is 0 Å². The Morgan fingerprint density at radius 1 is 0.950 bits per heavy atom. The monoisotopic (exact) mass is 272 g/mol. The van der Waals surface area contributed by atoms with Crippen molar-refractivity contribution in [3.05, 3.63) is 23.3 Å². The molecule has 0 amide bonds. The molecule has 0 saturated carbocycles. The fourth-order valence-corrected chi connectivity index (χ4v) is 1.67. The van der Waals surface area contributed by atoms with Gasteiger partial charge in [-0.3, -0.25) is 0 Å². The molecule has 106 valence electrons. The van der Waals surface area contributed by atoms with Gasteiger partial charge in [0.15, 0.2) is 11.5 Å². The molecule has 1 aromatic rings. The van der Waals surface area contributed by atoms with Crippen molar-refractivity contribution < 1.29 is 9.47 Å². The summed E-state index contributed by atoms with van der Waals surface area (Å²) >= 11 is 0. The van der Waals surface area contributed by atoms with Crippen LogP contribution in [0.3, 0.4) is 0 Å². The van der Waals surface area contributed by atoms with Crippen LogP contribution in [-0.4, -0.2) is 13.2 Å². The van der Waals surface area contributed by atoms with Gasteiger partial charge in [-0.1, -0.05) is 26.7 Å². The van der Waals surface area contributed by atoms with E-state index < -0.39 is 0 Å². The zero-order valence-electron chi connectivity index (χ0n) is 12.1. The van der Waals surface area contributed by atoms with E-state index in [1.807, 2.05) is 12.1 Å². The van der Waals surface area contributed by atoms with E-state index in [-0.39, 0.29) is 5.56 Å². The smallest absolute Gasteiger partial charge is 0.180 e. The average molecular weight is 272 g/mol. The van der Waals surface area contributed by atoms with Crippen molar-refractivity contribution in [2.75, 3.05) is 13.2 Å². The van der Waals surface area contributed by atoms with Crippen LogP contribution in [0.4, 0.5) is 0 Å². The van der Waals surface area contributed by atoms with E-state index in [4.69, 9.17) is 14.7 Å². The van der Waals surface area contributed by atoms with Crippen LogP contribution < -0.4 is 9.47 Å². The molecule has 0 radical (unpaired) electrons. The topological polar surface area (TPSA) is 66.0 Å². The number of hydrogen-bond acceptors (Lipinski definition) is 4. The zero-order chi connectivity index (χ0) is 14.8. The molecule has 0 aliphatic heterocycles. The van der Waals surface area contributed by atoms with Crippen molar-refractivity contribution >= 4 is 0 Å². The summed E-state index contributed by atoms with van der Waals surface area (Å²) in [6.45, 7) is 5.25. The minimum Gasteiger partial charge on any atom is -0.490 e. The van der Waals surface area contributed by atoms with Crippen molar-refractivity contribution in [1.29, 1.82) is 10.5 Å². The lowest BCUT2D eigenvalue weighted by molar-refractivity contribution is 0.261. The highest BCUT2D eigenvalue weighted by Gasteiger charge is 2.16. The van der Waals surface area contributed by atoms with Crippen LogP contribution in [0.25, 0.3) is 0 Å². The molecule has 0 N–H and O–H groups in total. The number of hydrogen-bond donors (Lipinski definition) is 0. The first kappa shape index (κ1) is 15.9. The molecule has 0 aromatic heterocycles. The molecule has 0 aliphatic rings. The molecule has 0 bridgehead atoms. The highest BCUT2D eigenvalue weighted by Crippen LogP contribution is 2.33. The number of benzene rings is 1. The average Bonchev–Trinajstić information content (AvgIpc) is 2.48. The largest absolute Gasteiger partial charge is 0.490 e. The van der Waals surface area contributed by atoms with E-state index in [9.17, 15) is 5.26 Å². The van der Waals surface area contributed by atoms with Gasteiger partial charge in [-0.2, -0.15) is 10.5 Å². The Balaban J connectivity index is 3.02. The number of ether oxygens (including phenoxy) is 2. The molecule has 1 rings (SSSR count). The van der Waals surface area contributed by atoms with E-state index in [2.05, 4.69) is 13.8 Å². The number of nitrogens with zero attached hydrogens (tertiary/aromatic N) is 2. The maximum atomic E-state index is 9.25. The quantitative estimate of drug-likeness (QED) is 0.675. The Morgan fingerprint density at radius 3 is 2.15 bits per heavy atom. The Hall–Kier alpha value is -2.20. The Kier molecular flexibility index (Phi) is 7.00. The fourth-order valence-electron chi connectivity index (χ4n) is 1.67. The van der Waals surface area contributed by atoms with Gasteiger partial charge < -0.3 is 9.47 Å². The molecule has 0 fully saturated rings. The van der Waals surface area contributed by atoms with Crippen LogP contribution in [0.5, 0.6) is 11.5 Å². The first-order valence-electron chi connectivity index (χ1n) is 7.01. The van der Waals surface area contributed by atoms with Gasteiger partial charge in [0.2, 0.25) is 0 Å². The van der Waals surface area contributed by atoms with Crippen molar-refractivity contribution in [2.24, 2.45) is 0 Å². The van der Waals surface area contributed by atoms with Crippen LogP contribution in [0.15, 0.2) is 12.1 Å². The Bertz CT molecular complexity index is 512. The predicted octanol–water partition coefficient (Wildman–Crippen LogP) is 3.79. The molecule has 0 atom stereocenters. The van der Waals surface area contributed by atoms with E-state index in [1.165, 1.54) is 0 Å². The van der Waals surface area contributed by atoms with Gasteiger partial charge in [-0.25, -0.2) is 0 Å². The highest BCUT2D eigenvalue weighted by atomic mass is 16.5. The van der Waals surface area contributed by atoms with Crippen LogP contribution in [0, 0.1) is 22.7 Å². The van der Waals surface area contributed by atoms with E-state index in [0.717, 1.165) is 25.7 Å². The van der Waals surface area contributed by atoms with Gasteiger partial charge in [0.1, 0.15) is 17.7 Å². The Labute approximate surface area is 120 Å². The lowest BCUT2D eigenvalue weighted by atomic mass is 10.1. The second-order valence-corrected chi connectivity index (χ2v) is 4.44. The van der Waals surface area contributed by atoms with Gasteiger partial charge >= 0.3 is 0 Å². The molecular formula is C16H20N2O2.